The molecule has 0 spiro atoms. The molecule has 0 saturated carbocycles. The molecular weight excluding hydrogens is 307 g/mol. The van der Waals surface area contributed by atoms with Crippen LogP contribution in [0, 0.1) is 0 Å². The number of benzene rings is 2. The second-order valence-corrected chi connectivity index (χ2v) is 6.93. The first-order chi connectivity index (χ1) is 9.00. The second kappa shape index (κ2) is 5.80. The van der Waals surface area contributed by atoms with Crippen molar-refractivity contribution >= 4 is 35.1 Å². The first-order valence-electron chi connectivity index (χ1n) is 5.22. The lowest BCUT2D eigenvalue weighted by atomic mass is 10.4. The summed E-state index contributed by atoms with van der Waals surface area (Å²) in [7, 11) is -6.65. The maximum Gasteiger partial charge on any atom is 0.566 e. The van der Waals surface area contributed by atoms with Gasteiger partial charge in [-0.3, -0.25) is 0 Å². The van der Waals surface area contributed by atoms with Crippen molar-refractivity contribution in [3.8, 4) is 0 Å². The van der Waals surface area contributed by atoms with Crippen LogP contribution in [0.5, 0.6) is 0 Å². The first-order valence-corrected chi connectivity index (χ1v) is 8.18. The van der Waals surface area contributed by atoms with Crippen LogP contribution in [-0.4, -0.2) is 8.42 Å². The lowest BCUT2D eigenvalue weighted by Crippen LogP contribution is -2.06. The largest absolute Gasteiger partial charge is 0.566 e. The number of hydrogen-bond acceptors (Lipinski definition) is 4. The van der Waals surface area contributed by atoms with Gasteiger partial charge >= 0.3 is 18.1 Å². The second-order valence-electron chi connectivity index (χ2n) is 3.55. The third-order valence-electron chi connectivity index (χ3n) is 2.24. The van der Waals surface area contributed by atoms with Gasteiger partial charge in [0.2, 0.25) is 5.30 Å². The van der Waals surface area contributed by atoms with Crippen LogP contribution in [0.25, 0.3) is 0 Å². The number of hydrogen-bond donors (Lipinski definition) is 0. The fraction of sp³-hybridized carbons (Fsp3) is 0. The van der Waals surface area contributed by atoms with Crippen LogP contribution in [0.1, 0.15) is 0 Å². The van der Waals surface area contributed by atoms with E-state index in [-0.39, 0.29) is 9.92 Å². The minimum Gasteiger partial charge on any atom is -0.190 e. The molecule has 4 nitrogen and oxygen atoms in total. The summed E-state index contributed by atoms with van der Waals surface area (Å²) in [4.78, 5) is -0.198. The molecule has 2 aromatic carbocycles. The van der Waals surface area contributed by atoms with Gasteiger partial charge in [-0.05, 0) is 32.8 Å². The molecule has 19 heavy (non-hydrogen) atoms. The Balaban J connectivity index is 2.29. The zero-order valence-electron chi connectivity index (χ0n) is 9.56. The van der Waals surface area contributed by atoms with Crippen molar-refractivity contribution in [3.05, 3.63) is 59.6 Å². The van der Waals surface area contributed by atoms with Gasteiger partial charge in [0, 0.05) is 0 Å². The zero-order valence-corrected chi connectivity index (χ0v) is 12.0. The van der Waals surface area contributed by atoms with Crippen LogP contribution >= 0.6 is 19.6 Å². The topological polar surface area (TPSA) is 60.4 Å². The van der Waals surface area contributed by atoms with E-state index in [1.54, 1.807) is 24.3 Å². The summed E-state index contributed by atoms with van der Waals surface area (Å²) in [6, 6.07) is 13.9. The minimum atomic E-state index is -4.15. The predicted octanol–water partition coefficient (Wildman–Crippen LogP) is 3.11. The smallest absolute Gasteiger partial charge is 0.190 e. The first kappa shape index (κ1) is 14.2. The molecule has 0 radical (unpaired) electrons. The highest BCUT2D eigenvalue weighted by molar-refractivity contribution is 7.90. The molecule has 0 aromatic heterocycles. The molecule has 98 valence electrons. The van der Waals surface area contributed by atoms with Gasteiger partial charge in [-0.1, -0.05) is 41.9 Å². The Labute approximate surface area is 117 Å². The van der Waals surface area contributed by atoms with Crippen molar-refractivity contribution in [2.45, 2.75) is 4.90 Å². The van der Waals surface area contributed by atoms with E-state index >= 15 is 0 Å². The van der Waals surface area contributed by atoms with Crippen LogP contribution in [-0.2, 0) is 18.7 Å². The summed E-state index contributed by atoms with van der Waals surface area (Å²) in [5.74, 6) is 0. The van der Waals surface area contributed by atoms with E-state index in [0.717, 1.165) is 0 Å². The Morgan fingerprint density at radius 2 is 1.53 bits per heavy atom. The van der Waals surface area contributed by atoms with Crippen LogP contribution < -0.4 is 5.30 Å². The van der Waals surface area contributed by atoms with Crippen molar-refractivity contribution in [2.75, 3.05) is 0 Å². The van der Waals surface area contributed by atoms with Gasteiger partial charge in [0.1, 0.15) is 4.90 Å². The van der Waals surface area contributed by atoms with Crippen molar-refractivity contribution < 1.29 is 17.0 Å². The highest BCUT2D eigenvalue weighted by Gasteiger charge is 2.33. The van der Waals surface area contributed by atoms with E-state index in [9.17, 15) is 13.0 Å². The third kappa shape index (κ3) is 3.39. The molecule has 7 heteroatoms. The molecular formula is C12H9ClO4PS+. The van der Waals surface area contributed by atoms with E-state index in [1.807, 2.05) is 0 Å². The standard InChI is InChI=1S/C12H9ClO4PS/c13-11-8-4-5-9-12(11)19(15,16)17-18(14)10-6-2-1-3-7-10/h1-9H/q+1. The van der Waals surface area contributed by atoms with Crippen LogP contribution in [0.4, 0.5) is 0 Å². The summed E-state index contributed by atoms with van der Waals surface area (Å²) in [5.41, 5.74) is 0. The van der Waals surface area contributed by atoms with Crippen LogP contribution in [0.15, 0.2) is 59.5 Å². The lowest BCUT2D eigenvalue weighted by Gasteiger charge is -1.99. The van der Waals surface area contributed by atoms with Gasteiger partial charge in [0.15, 0.2) is 0 Å². The molecule has 0 bridgehead atoms. The summed E-state index contributed by atoms with van der Waals surface area (Å²) in [5, 5.41) is 0.326. The molecule has 0 heterocycles. The fourth-order valence-electron chi connectivity index (χ4n) is 1.37. The molecule has 0 aliphatic carbocycles. The van der Waals surface area contributed by atoms with Gasteiger partial charge in [0.25, 0.3) is 0 Å². The normalized spacial score (nSPS) is 12.2. The van der Waals surface area contributed by atoms with Crippen molar-refractivity contribution in [2.24, 2.45) is 0 Å². The highest BCUT2D eigenvalue weighted by Crippen LogP contribution is 2.31. The Hall–Kier alpha value is -1.26. The van der Waals surface area contributed by atoms with Gasteiger partial charge in [0.05, 0.1) is 5.02 Å². The monoisotopic (exact) mass is 315 g/mol. The Kier molecular flexibility index (Phi) is 4.32. The fourth-order valence-corrected chi connectivity index (χ4v) is 4.13. The van der Waals surface area contributed by atoms with E-state index in [1.165, 1.54) is 30.3 Å². The van der Waals surface area contributed by atoms with Crippen LogP contribution in [0.2, 0.25) is 5.02 Å². The molecule has 0 amide bonds. The average molecular weight is 316 g/mol. The van der Waals surface area contributed by atoms with Gasteiger partial charge in [-0.2, -0.15) is 8.42 Å². The minimum absolute atomic E-state index is 0.0268. The highest BCUT2D eigenvalue weighted by atomic mass is 35.5. The van der Waals surface area contributed by atoms with E-state index < -0.39 is 18.1 Å². The predicted molar refractivity (Wildman–Crippen MR) is 73.4 cm³/mol. The Morgan fingerprint density at radius 1 is 0.947 bits per heavy atom. The summed E-state index contributed by atoms with van der Waals surface area (Å²) in [6.45, 7) is 0. The summed E-state index contributed by atoms with van der Waals surface area (Å²) >= 11 is 5.78. The molecule has 0 N–H and O–H groups in total. The summed E-state index contributed by atoms with van der Waals surface area (Å²) < 4.78 is 40.4. The van der Waals surface area contributed by atoms with E-state index in [4.69, 9.17) is 11.6 Å². The molecule has 2 rings (SSSR count). The van der Waals surface area contributed by atoms with E-state index in [0.29, 0.717) is 5.30 Å². The molecule has 0 fully saturated rings. The maximum atomic E-state index is 11.9. The van der Waals surface area contributed by atoms with Gasteiger partial charge in [-0.15, -0.1) is 0 Å². The maximum absolute atomic E-state index is 11.9. The molecule has 0 aliphatic rings. The van der Waals surface area contributed by atoms with Gasteiger partial charge < -0.3 is 0 Å². The number of rotatable bonds is 4. The van der Waals surface area contributed by atoms with Gasteiger partial charge in [-0.25, -0.2) is 0 Å². The van der Waals surface area contributed by atoms with Crippen molar-refractivity contribution in [1.82, 2.24) is 0 Å². The quantitative estimate of drug-likeness (QED) is 0.813. The third-order valence-corrected chi connectivity index (χ3v) is 5.62. The van der Waals surface area contributed by atoms with Crippen LogP contribution in [0.3, 0.4) is 0 Å². The zero-order chi connectivity index (χ0) is 13.9. The summed E-state index contributed by atoms with van der Waals surface area (Å²) in [6.07, 6.45) is 0. The number of halogens is 1. The molecule has 0 saturated heterocycles. The van der Waals surface area contributed by atoms with Crippen molar-refractivity contribution in [1.29, 1.82) is 0 Å². The molecule has 1 atom stereocenters. The molecule has 1 unspecified atom stereocenters. The molecule has 2 aromatic rings. The van der Waals surface area contributed by atoms with Crippen molar-refractivity contribution in [3.63, 3.8) is 0 Å². The Bertz CT molecular complexity index is 701. The van der Waals surface area contributed by atoms with E-state index in [2.05, 4.69) is 3.97 Å². The molecule has 0 aliphatic heterocycles. The SMILES string of the molecule is O=[P+](OS(=O)(=O)c1ccccc1Cl)c1ccccc1. The lowest BCUT2D eigenvalue weighted by molar-refractivity contribution is 0.480. The Morgan fingerprint density at radius 3 is 2.16 bits per heavy atom. The average Bonchev–Trinajstić information content (AvgIpc) is 2.39.